The molecule has 0 radical (unpaired) electrons. The molecule has 0 aliphatic carbocycles. The fourth-order valence-corrected chi connectivity index (χ4v) is 3.19. The second-order valence-corrected chi connectivity index (χ2v) is 7.18. The summed E-state index contributed by atoms with van der Waals surface area (Å²) in [6.07, 6.45) is 0. The first-order valence-electron chi connectivity index (χ1n) is 8.37. The van der Waals surface area contributed by atoms with E-state index in [1.54, 1.807) is 18.2 Å². The van der Waals surface area contributed by atoms with E-state index < -0.39 is 11.8 Å². The van der Waals surface area contributed by atoms with Gasteiger partial charge < -0.3 is 14.9 Å². The Labute approximate surface area is 170 Å². The Kier molecular flexibility index (Phi) is 5.51. The summed E-state index contributed by atoms with van der Waals surface area (Å²) in [7, 11) is 1.20. The number of phenolic OH excluding ortho intramolecular Hbond substituents is 2. The molecule has 3 aromatic carbocycles. The second-order valence-electron chi connectivity index (χ2n) is 6.27. The van der Waals surface area contributed by atoms with Crippen LogP contribution in [0.2, 0.25) is 0 Å². The average Bonchev–Trinajstić information content (AvgIpc) is 2.69. The van der Waals surface area contributed by atoms with Crippen LogP contribution in [0, 0.1) is 6.92 Å². The molecule has 0 aromatic heterocycles. The Morgan fingerprint density at radius 2 is 1.61 bits per heavy atom. The Morgan fingerprint density at radius 3 is 2.25 bits per heavy atom. The van der Waals surface area contributed by atoms with E-state index in [0.717, 1.165) is 5.56 Å². The number of halogens is 1. The van der Waals surface area contributed by atoms with E-state index >= 15 is 0 Å². The zero-order valence-corrected chi connectivity index (χ0v) is 16.8. The van der Waals surface area contributed by atoms with Crippen molar-refractivity contribution in [3.8, 4) is 22.6 Å². The molecule has 28 heavy (non-hydrogen) atoms. The van der Waals surface area contributed by atoms with Crippen molar-refractivity contribution >= 4 is 27.7 Å². The van der Waals surface area contributed by atoms with E-state index in [9.17, 15) is 19.8 Å². The fourth-order valence-electron chi connectivity index (χ4n) is 2.83. The van der Waals surface area contributed by atoms with E-state index in [0.29, 0.717) is 15.6 Å². The van der Waals surface area contributed by atoms with Gasteiger partial charge in [0.15, 0.2) is 5.78 Å². The predicted octanol–water partition coefficient (Wildman–Crippen LogP) is 4.85. The summed E-state index contributed by atoms with van der Waals surface area (Å²) < 4.78 is 5.37. The van der Waals surface area contributed by atoms with Gasteiger partial charge in [-0.25, -0.2) is 4.79 Å². The van der Waals surface area contributed by atoms with Gasteiger partial charge in [-0.3, -0.25) is 4.79 Å². The zero-order chi connectivity index (χ0) is 20.4. The molecule has 0 bridgehead atoms. The van der Waals surface area contributed by atoms with Gasteiger partial charge in [-0.05, 0) is 42.8 Å². The number of esters is 1. The standard InChI is InChI=1S/C22H17BrO5/c1-12-3-5-13(6-4-12)16-9-14(10-18(21(16)26)22(27)28-2)20(25)17-11-15(23)7-8-19(17)24/h3-11,24,26H,1-2H3. The van der Waals surface area contributed by atoms with Gasteiger partial charge in [-0.1, -0.05) is 45.8 Å². The van der Waals surface area contributed by atoms with Crippen LogP contribution >= 0.6 is 15.9 Å². The molecule has 0 saturated carbocycles. The van der Waals surface area contributed by atoms with Crippen LogP contribution in [0.25, 0.3) is 11.1 Å². The molecule has 0 amide bonds. The smallest absolute Gasteiger partial charge is 0.341 e. The first kappa shape index (κ1) is 19.6. The summed E-state index contributed by atoms with van der Waals surface area (Å²) in [6, 6.07) is 14.6. The number of phenols is 2. The highest BCUT2D eigenvalue weighted by Gasteiger charge is 2.22. The number of aromatic hydroxyl groups is 2. The summed E-state index contributed by atoms with van der Waals surface area (Å²) in [6.45, 7) is 1.93. The number of benzene rings is 3. The predicted molar refractivity (Wildman–Crippen MR) is 109 cm³/mol. The highest BCUT2D eigenvalue weighted by molar-refractivity contribution is 9.10. The molecule has 3 aromatic rings. The number of methoxy groups -OCH3 is 1. The number of carbonyl (C=O) groups excluding carboxylic acids is 2. The molecule has 0 fully saturated rings. The van der Waals surface area contributed by atoms with Gasteiger partial charge in [0.25, 0.3) is 0 Å². The van der Waals surface area contributed by atoms with Gasteiger partial charge in [-0.2, -0.15) is 0 Å². The van der Waals surface area contributed by atoms with Crippen LogP contribution < -0.4 is 0 Å². The number of aryl methyl sites for hydroxylation is 1. The van der Waals surface area contributed by atoms with Crippen molar-refractivity contribution in [2.75, 3.05) is 7.11 Å². The number of hydrogen-bond donors (Lipinski definition) is 2. The highest BCUT2D eigenvalue weighted by Crippen LogP contribution is 2.36. The Bertz CT molecular complexity index is 1070. The van der Waals surface area contributed by atoms with Gasteiger partial charge in [0, 0.05) is 15.6 Å². The molecule has 0 unspecified atom stereocenters. The third kappa shape index (κ3) is 3.77. The topological polar surface area (TPSA) is 83.8 Å². The summed E-state index contributed by atoms with van der Waals surface area (Å²) in [4.78, 5) is 25.2. The van der Waals surface area contributed by atoms with E-state index in [1.807, 2.05) is 19.1 Å². The van der Waals surface area contributed by atoms with Crippen LogP contribution in [-0.4, -0.2) is 29.1 Å². The zero-order valence-electron chi connectivity index (χ0n) is 15.2. The molecule has 0 aliphatic rings. The number of rotatable bonds is 4. The van der Waals surface area contributed by atoms with Crippen molar-refractivity contribution in [2.45, 2.75) is 6.92 Å². The first-order chi connectivity index (χ1) is 13.3. The molecule has 0 saturated heterocycles. The lowest BCUT2D eigenvalue weighted by molar-refractivity contribution is 0.0597. The minimum absolute atomic E-state index is 0.0748. The van der Waals surface area contributed by atoms with Crippen LogP contribution in [0.15, 0.2) is 59.1 Å². The highest BCUT2D eigenvalue weighted by atomic mass is 79.9. The largest absolute Gasteiger partial charge is 0.507 e. The maximum atomic E-state index is 13.0. The first-order valence-corrected chi connectivity index (χ1v) is 9.16. The van der Waals surface area contributed by atoms with Crippen molar-refractivity contribution in [1.29, 1.82) is 0 Å². The van der Waals surface area contributed by atoms with Gasteiger partial charge in [0.1, 0.15) is 17.1 Å². The van der Waals surface area contributed by atoms with E-state index in [4.69, 9.17) is 4.74 Å². The van der Waals surface area contributed by atoms with E-state index in [2.05, 4.69) is 15.9 Å². The van der Waals surface area contributed by atoms with Crippen LogP contribution in [0.1, 0.15) is 31.8 Å². The molecule has 3 rings (SSSR count). The van der Waals surface area contributed by atoms with Gasteiger partial charge in [0.2, 0.25) is 0 Å². The molecule has 6 heteroatoms. The van der Waals surface area contributed by atoms with Crippen LogP contribution in [0.3, 0.4) is 0 Å². The summed E-state index contributed by atoms with van der Waals surface area (Å²) in [5.41, 5.74) is 2.08. The molecule has 0 atom stereocenters. The maximum Gasteiger partial charge on any atom is 0.341 e. The van der Waals surface area contributed by atoms with E-state index in [1.165, 1.54) is 31.4 Å². The molecular formula is C22H17BrO5. The summed E-state index contributed by atoms with van der Waals surface area (Å²) in [5, 5.41) is 20.7. The Morgan fingerprint density at radius 1 is 0.929 bits per heavy atom. The third-order valence-corrected chi connectivity index (χ3v) is 4.84. The van der Waals surface area contributed by atoms with Crippen molar-refractivity contribution < 1.29 is 24.5 Å². The molecule has 5 nitrogen and oxygen atoms in total. The number of hydrogen-bond acceptors (Lipinski definition) is 5. The van der Waals surface area contributed by atoms with Crippen LogP contribution in [-0.2, 0) is 4.74 Å². The van der Waals surface area contributed by atoms with Gasteiger partial charge in [0.05, 0.1) is 12.7 Å². The molecule has 0 spiro atoms. The second kappa shape index (κ2) is 7.86. The molecule has 0 aliphatic heterocycles. The fraction of sp³-hybridized carbons (Fsp3) is 0.0909. The lowest BCUT2D eigenvalue weighted by Crippen LogP contribution is -2.08. The van der Waals surface area contributed by atoms with E-state index in [-0.39, 0.29) is 28.2 Å². The number of carbonyl (C=O) groups is 2. The Hall–Kier alpha value is -3.12. The van der Waals surface area contributed by atoms with Gasteiger partial charge >= 0.3 is 5.97 Å². The lowest BCUT2D eigenvalue weighted by atomic mass is 9.93. The third-order valence-electron chi connectivity index (χ3n) is 4.34. The number of ether oxygens (including phenoxy) is 1. The number of ketones is 1. The van der Waals surface area contributed by atoms with Gasteiger partial charge in [-0.15, -0.1) is 0 Å². The summed E-state index contributed by atoms with van der Waals surface area (Å²) >= 11 is 3.28. The minimum atomic E-state index is -0.765. The average molecular weight is 441 g/mol. The van der Waals surface area contributed by atoms with Crippen molar-refractivity contribution in [2.24, 2.45) is 0 Å². The van der Waals surface area contributed by atoms with Crippen LogP contribution in [0.4, 0.5) is 0 Å². The summed E-state index contributed by atoms with van der Waals surface area (Å²) in [5.74, 6) is -1.71. The SMILES string of the molecule is COC(=O)c1cc(C(=O)c2cc(Br)ccc2O)cc(-c2ccc(C)cc2)c1O. The molecule has 142 valence electrons. The maximum absolute atomic E-state index is 13.0. The Balaban J connectivity index is 2.22. The quantitative estimate of drug-likeness (QED) is 0.447. The van der Waals surface area contributed by atoms with Crippen molar-refractivity contribution in [3.05, 3.63) is 81.3 Å². The minimum Gasteiger partial charge on any atom is -0.507 e. The lowest BCUT2D eigenvalue weighted by Gasteiger charge is -2.13. The molecule has 2 N–H and O–H groups in total. The normalized spacial score (nSPS) is 10.5. The molecule has 0 heterocycles. The van der Waals surface area contributed by atoms with Crippen molar-refractivity contribution in [3.63, 3.8) is 0 Å². The monoisotopic (exact) mass is 440 g/mol. The molecular weight excluding hydrogens is 424 g/mol. The van der Waals surface area contributed by atoms with Crippen molar-refractivity contribution in [1.82, 2.24) is 0 Å². The van der Waals surface area contributed by atoms with Crippen LogP contribution in [0.5, 0.6) is 11.5 Å².